The van der Waals surface area contributed by atoms with Gasteiger partial charge >= 0.3 is 0 Å². The summed E-state index contributed by atoms with van der Waals surface area (Å²) in [5.41, 5.74) is 15.1. The van der Waals surface area contributed by atoms with E-state index >= 15 is 0 Å². The number of hydrogen-bond donors (Lipinski definition) is 2. The standard InChI is InChI=1S/C14H14N2/c15-13-7-3-11(4-8-13)1-2-12-5-9-14(16)10-6-12/h3-10H,1,15-16H2. The Hall–Kier alpha value is -1.96. The predicted molar refractivity (Wildman–Crippen MR) is 67.8 cm³/mol. The Morgan fingerprint density at radius 2 is 1.25 bits per heavy atom. The van der Waals surface area contributed by atoms with Gasteiger partial charge in [-0.2, -0.15) is 0 Å². The Balaban J connectivity index is 1.97. The zero-order valence-corrected chi connectivity index (χ0v) is 8.98. The Kier molecular flexibility index (Phi) is 3.10. The maximum Gasteiger partial charge on any atom is 0.0314 e. The van der Waals surface area contributed by atoms with Gasteiger partial charge in [-0.25, -0.2) is 0 Å². The second-order valence-corrected chi connectivity index (χ2v) is 3.72. The minimum Gasteiger partial charge on any atom is -0.399 e. The zero-order valence-electron chi connectivity index (χ0n) is 8.98. The van der Waals surface area contributed by atoms with Crippen molar-refractivity contribution in [3.8, 4) is 0 Å². The van der Waals surface area contributed by atoms with E-state index in [0.717, 1.165) is 23.4 Å². The summed E-state index contributed by atoms with van der Waals surface area (Å²) in [4.78, 5) is 0. The summed E-state index contributed by atoms with van der Waals surface area (Å²) >= 11 is 0. The summed E-state index contributed by atoms with van der Waals surface area (Å²) in [7, 11) is 0. The van der Waals surface area contributed by atoms with E-state index in [0.29, 0.717) is 0 Å². The minimum atomic E-state index is 0.776. The van der Waals surface area contributed by atoms with Crippen LogP contribution in [-0.4, -0.2) is 0 Å². The Morgan fingerprint density at radius 1 is 0.750 bits per heavy atom. The number of benzene rings is 2. The highest BCUT2D eigenvalue weighted by atomic mass is 14.5. The first-order chi connectivity index (χ1) is 7.74. The maximum atomic E-state index is 5.62. The lowest BCUT2D eigenvalue weighted by molar-refractivity contribution is 1.17. The van der Waals surface area contributed by atoms with Crippen molar-refractivity contribution in [3.63, 3.8) is 0 Å². The molecular formula is C14H14N2. The summed E-state index contributed by atoms with van der Waals surface area (Å²) in [6, 6.07) is 15.5. The van der Waals surface area contributed by atoms with Crippen molar-refractivity contribution in [2.75, 3.05) is 11.5 Å². The molecule has 0 heterocycles. The van der Waals surface area contributed by atoms with Crippen molar-refractivity contribution < 1.29 is 0 Å². The van der Waals surface area contributed by atoms with Crippen LogP contribution in [0.15, 0.2) is 48.5 Å². The van der Waals surface area contributed by atoms with E-state index in [4.69, 9.17) is 11.5 Å². The molecule has 2 radical (unpaired) electrons. The molecule has 2 rings (SSSR count). The first-order valence-electron chi connectivity index (χ1n) is 5.18. The van der Waals surface area contributed by atoms with Crippen molar-refractivity contribution >= 4 is 11.4 Å². The number of nitrogen functional groups attached to an aromatic ring is 2. The molecule has 0 aliphatic carbocycles. The lowest BCUT2D eigenvalue weighted by Gasteiger charge is -2.02. The Bertz CT molecular complexity index is 398. The monoisotopic (exact) mass is 210 g/mol. The van der Waals surface area contributed by atoms with Crippen LogP contribution in [0, 0.1) is 6.42 Å². The quantitative estimate of drug-likeness (QED) is 0.765. The van der Waals surface area contributed by atoms with Crippen molar-refractivity contribution in [1.82, 2.24) is 0 Å². The molecule has 2 nitrogen and oxygen atoms in total. The smallest absolute Gasteiger partial charge is 0.0314 e. The third-order valence-electron chi connectivity index (χ3n) is 2.39. The van der Waals surface area contributed by atoms with Gasteiger partial charge in [0.05, 0.1) is 0 Å². The van der Waals surface area contributed by atoms with Crippen LogP contribution in [0.2, 0.25) is 0 Å². The normalized spacial score (nSPS) is 10.2. The molecule has 0 aliphatic rings. The number of anilines is 2. The van der Waals surface area contributed by atoms with Gasteiger partial charge in [-0.1, -0.05) is 24.3 Å². The zero-order chi connectivity index (χ0) is 11.4. The number of hydrogen-bond acceptors (Lipinski definition) is 2. The van der Waals surface area contributed by atoms with E-state index in [1.807, 2.05) is 48.5 Å². The van der Waals surface area contributed by atoms with Gasteiger partial charge in [0.15, 0.2) is 0 Å². The highest BCUT2D eigenvalue weighted by Crippen LogP contribution is 2.12. The molecule has 2 heteroatoms. The fraction of sp³-hybridized carbons (Fsp3) is 0.0714. The topological polar surface area (TPSA) is 52.0 Å². The summed E-state index contributed by atoms with van der Waals surface area (Å²) in [5.74, 6) is 0. The highest BCUT2D eigenvalue weighted by Gasteiger charge is 1.96. The van der Waals surface area contributed by atoms with Crippen molar-refractivity contribution in [3.05, 3.63) is 66.1 Å². The summed E-state index contributed by atoms with van der Waals surface area (Å²) < 4.78 is 0. The van der Waals surface area contributed by atoms with Crippen LogP contribution in [0.3, 0.4) is 0 Å². The molecule has 0 spiro atoms. The third kappa shape index (κ3) is 2.76. The average molecular weight is 210 g/mol. The van der Waals surface area contributed by atoms with Crippen molar-refractivity contribution in [2.45, 2.75) is 6.42 Å². The lowest BCUT2D eigenvalue weighted by atomic mass is 10.0. The molecular weight excluding hydrogens is 196 g/mol. The molecule has 0 unspecified atom stereocenters. The molecule has 2 aromatic rings. The highest BCUT2D eigenvalue weighted by molar-refractivity contribution is 5.43. The fourth-order valence-electron chi connectivity index (χ4n) is 1.44. The van der Waals surface area contributed by atoms with Gasteiger partial charge < -0.3 is 11.5 Å². The molecule has 0 atom stereocenters. The van der Waals surface area contributed by atoms with Crippen LogP contribution in [0.1, 0.15) is 11.1 Å². The van der Waals surface area contributed by atoms with E-state index in [1.165, 1.54) is 5.56 Å². The first-order valence-corrected chi connectivity index (χ1v) is 5.18. The van der Waals surface area contributed by atoms with Gasteiger partial charge in [0.25, 0.3) is 0 Å². The van der Waals surface area contributed by atoms with Gasteiger partial charge in [-0.05, 0) is 41.8 Å². The fourth-order valence-corrected chi connectivity index (χ4v) is 1.44. The molecule has 4 N–H and O–H groups in total. The van der Waals surface area contributed by atoms with Crippen molar-refractivity contribution in [1.29, 1.82) is 0 Å². The van der Waals surface area contributed by atoms with Crippen LogP contribution in [0.4, 0.5) is 11.4 Å². The summed E-state index contributed by atoms with van der Waals surface area (Å²) in [5, 5.41) is 0. The molecule has 16 heavy (non-hydrogen) atoms. The summed E-state index contributed by atoms with van der Waals surface area (Å²) in [6.07, 6.45) is 4.09. The predicted octanol–water partition coefficient (Wildman–Crippen LogP) is 2.52. The second-order valence-electron chi connectivity index (χ2n) is 3.72. The largest absolute Gasteiger partial charge is 0.399 e. The third-order valence-corrected chi connectivity index (χ3v) is 2.39. The maximum absolute atomic E-state index is 5.62. The molecule has 80 valence electrons. The van der Waals surface area contributed by atoms with E-state index in [9.17, 15) is 0 Å². The van der Waals surface area contributed by atoms with E-state index in [1.54, 1.807) is 0 Å². The minimum absolute atomic E-state index is 0.776. The number of nitrogens with two attached hydrogens (primary N) is 2. The molecule has 0 fully saturated rings. The van der Waals surface area contributed by atoms with Gasteiger partial charge in [0.1, 0.15) is 0 Å². The van der Waals surface area contributed by atoms with E-state index in [-0.39, 0.29) is 0 Å². The van der Waals surface area contributed by atoms with Gasteiger partial charge in [-0.15, -0.1) is 0 Å². The summed E-state index contributed by atoms with van der Waals surface area (Å²) in [6.45, 7) is 0. The van der Waals surface area contributed by atoms with Gasteiger partial charge in [0.2, 0.25) is 0 Å². The molecule has 0 bridgehead atoms. The van der Waals surface area contributed by atoms with Crippen LogP contribution in [0.25, 0.3) is 0 Å². The molecule has 0 aromatic heterocycles. The van der Waals surface area contributed by atoms with Crippen LogP contribution >= 0.6 is 0 Å². The Labute approximate surface area is 95.9 Å². The Morgan fingerprint density at radius 3 is 1.81 bits per heavy atom. The molecule has 2 aromatic carbocycles. The SMILES string of the molecule is Nc1ccc([C]Cc2ccc(N)cc2)cc1. The van der Waals surface area contributed by atoms with Crippen LogP contribution in [0.5, 0.6) is 0 Å². The molecule has 0 aliphatic heterocycles. The molecule has 0 saturated heterocycles. The van der Waals surface area contributed by atoms with Gasteiger partial charge in [0, 0.05) is 17.8 Å². The lowest BCUT2D eigenvalue weighted by Crippen LogP contribution is -1.91. The van der Waals surface area contributed by atoms with Crippen LogP contribution < -0.4 is 11.5 Å². The molecule has 0 amide bonds. The van der Waals surface area contributed by atoms with Crippen LogP contribution in [-0.2, 0) is 6.42 Å². The number of rotatable bonds is 3. The van der Waals surface area contributed by atoms with Crippen molar-refractivity contribution in [2.24, 2.45) is 0 Å². The molecule has 0 saturated carbocycles. The van der Waals surface area contributed by atoms with E-state index in [2.05, 4.69) is 6.42 Å². The van der Waals surface area contributed by atoms with E-state index < -0.39 is 0 Å². The first kappa shape index (κ1) is 10.6. The second kappa shape index (κ2) is 4.71. The van der Waals surface area contributed by atoms with Gasteiger partial charge in [-0.3, -0.25) is 0 Å². The average Bonchev–Trinajstić information content (AvgIpc) is 2.30.